The monoisotopic (exact) mass is 660 g/mol. The summed E-state index contributed by atoms with van der Waals surface area (Å²) in [5, 5.41) is 7.37. The number of aromatic nitrogens is 4. The average Bonchev–Trinajstić information content (AvgIpc) is 3.68. The molecule has 0 bridgehead atoms. The van der Waals surface area contributed by atoms with Crippen molar-refractivity contribution in [3.63, 3.8) is 0 Å². The van der Waals surface area contributed by atoms with Gasteiger partial charge in [0.05, 0.1) is 33.1 Å². The van der Waals surface area contributed by atoms with Gasteiger partial charge >= 0.3 is 0 Å². The molecule has 1 aliphatic rings. The molecule has 240 valence electrons. The fourth-order valence-corrected chi connectivity index (χ4v) is 8.69. The third kappa shape index (κ3) is 3.75. The van der Waals surface area contributed by atoms with Gasteiger partial charge in [-0.2, -0.15) is 0 Å². The lowest BCUT2D eigenvalue weighted by Crippen LogP contribution is -2.02. The van der Waals surface area contributed by atoms with E-state index in [4.69, 9.17) is 9.97 Å². The molecule has 0 saturated carbocycles. The lowest BCUT2D eigenvalue weighted by Gasteiger charge is -2.13. The molecule has 4 heterocycles. The SMILES string of the molecule is c1ccc2c(c1)-c1nc3ccccc3nc1-n1c3ccccc3c3cc(-c4ccc5c6ccccc6n(-c6ccc7ccccc7c6)c5c4)cc-2c31. The van der Waals surface area contributed by atoms with Crippen LogP contribution in [0.25, 0.3) is 110 Å². The van der Waals surface area contributed by atoms with Crippen molar-refractivity contribution in [1.82, 2.24) is 19.1 Å². The van der Waals surface area contributed by atoms with Crippen LogP contribution in [0.15, 0.2) is 170 Å². The summed E-state index contributed by atoms with van der Waals surface area (Å²) < 4.78 is 4.77. The molecular formula is C48H28N4. The Hall–Kier alpha value is -7.04. The van der Waals surface area contributed by atoms with Crippen molar-refractivity contribution in [2.45, 2.75) is 0 Å². The van der Waals surface area contributed by atoms with Gasteiger partial charge in [0, 0.05) is 38.4 Å². The molecule has 0 amide bonds. The molecule has 4 nitrogen and oxygen atoms in total. The maximum Gasteiger partial charge on any atom is 0.165 e. The predicted molar refractivity (Wildman–Crippen MR) is 216 cm³/mol. The summed E-state index contributed by atoms with van der Waals surface area (Å²) in [6.45, 7) is 0. The normalized spacial score (nSPS) is 12.2. The van der Waals surface area contributed by atoms with E-state index in [1.807, 2.05) is 12.1 Å². The smallest absolute Gasteiger partial charge is 0.165 e. The van der Waals surface area contributed by atoms with Crippen LogP contribution in [0, 0.1) is 0 Å². The zero-order valence-electron chi connectivity index (χ0n) is 28.0. The lowest BCUT2D eigenvalue weighted by atomic mass is 9.92. The van der Waals surface area contributed by atoms with Gasteiger partial charge in [0.25, 0.3) is 0 Å². The van der Waals surface area contributed by atoms with Crippen LogP contribution in [0.4, 0.5) is 0 Å². The Balaban J connectivity index is 1.17. The number of fused-ring (bicyclic) bond motifs is 13. The Morgan fingerprint density at radius 3 is 1.87 bits per heavy atom. The van der Waals surface area contributed by atoms with E-state index in [0.717, 1.165) is 50.4 Å². The molecule has 0 saturated heterocycles. The van der Waals surface area contributed by atoms with E-state index < -0.39 is 0 Å². The van der Waals surface area contributed by atoms with Crippen molar-refractivity contribution in [3.05, 3.63) is 170 Å². The van der Waals surface area contributed by atoms with Crippen LogP contribution in [-0.4, -0.2) is 19.1 Å². The fraction of sp³-hybridized carbons (Fsp3) is 0. The van der Waals surface area contributed by atoms with Crippen LogP contribution in [0.3, 0.4) is 0 Å². The molecule has 0 N–H and O–H groups in total. The summed E-state index contributed by atoms with van der Waals surface area (Å²) in [7, 11) is 0. The van der Waals surface area contributed by atoms with E-state index in [2.05, 4.69) is 167 Å². The highest BCUT2D eigenvalue weighted by Crippen LogP contribution is 2.48. The molecule has 0 aliphatic carbocycles. The van der Waals surface area contributed by atoms with Gasteiger partial charge in [0.2, 0.25) is 0 Å². The average molecular weight is 661 g/mol. The van der Waals surface area contributed by atoms with Crippen LogP contribution >= 0.6 is 0 Å². The standard InChI is InChI=1S/C48H28N4/c1-2-12-30-25-33(23-21-29(30)11-1)51-43-19-9-5-14-35(43)37-24-22-31(28-45(37)51)32-26-39-34-13-3-4-16-38(34)46-48(50-42-18-8-7-17-41(42)49-46)52-44-20-10-6-15-36(44)40(27-32)47(39)52/h1-28H. The van der Waals surface area contributed by atoms with Gasteiger partial charge in [-0.3, -0.25) is 4.57 Å². The highest BCUT2D eigenvalue weighted by molar-refractivity contribution is 6.18. The number of hydrogen-bond acceptors (Lipinski definition) is 2. The van der Waals surface area contributed by atoms with Gasteiger partial charge in [0.15, 0.2) is 5.82 Å². The predicted octanol–water partition coefficient (Wildman–Crippen LogP) is 12.3. The molecule has 4 heteroatoms. The Kier molecular flexibility index (Phi) is 5.47. The van der Waals surface area contributed by atoms with Gasteiger partial charge in [-0.25, -0.2) is 9.97 Å². The van der Waals surface area contributed by atoms with Gasteiger partial charge in [0.1, 0.15) is 5.69 Å². The van der Waals surface area contributed by atoms with Gasteiger partial charge < -0.3 is 4.57 Å². The molecule has 3 aromatic heterocycles. The van der Waals surface area contributed by atoms with Crippen molar-refractivity contribution in [2.24, 2.45) is 0 Å². The minimum absolute atomic E-state index is 0.866. The first-order valence-corrected chi connectivity index (χ1v) is 17.8. The van der Waals surface area contributed by atoms with Crippen molar-refractivity contribution in [3.8, 4) is 45.0 Å². The third-order valence-electron chi connectivity index (χ3n) is 11.0. The van der Waals surface area contributed by atoms with Crippen molar-refractivity contribution < 1.29 is 0 Å². The second-order valence-electron chi connectivity index (χ2n) is 13.8. The maximum atomic E-state index is 5.31. The Bertz CT molecular complexity index is 3310. The highest BCUT2D eigenvalue weighted by atomic mass is 15.1. The molecule has 0 atom stereocenters. The Morgan fingerprint density at radius 1 is 0.365 bits per heavy atom. The van der Waals surface area contributed by atoms with Crippen molar-refractivity contribution >= 4 is 65.4 Å². The van der Waals surface area contributed by atoms with E-state index in [-0.39, 0.29) is 0 Å². The zero-order chi connectivity index (χ0) is 33.9. The summed E-state index contributed by atoms with van der Waals surface area (Å²) in [5.41, 5.74) is 14.3. The largest absolute Gasteiger partial charge is 0.309 e. The molecule has 11 aromatic rings. The minimum atomic E-state index is 0.866. The lowest BCUT2D eigenvalue weighted by molar-refractivity contribution is 1.09. The maximum absolute atomic E-state index is 5.31. The highest BCUT2D eigenvalue weighted by Gasteiger charge is 2.27. The van der Waals surface area contributed by atoms with Crippen LogP contribution in [-0.2, 0) is 0 Å². The zero-order valence-corrected chi connectivity index (χ0v) is 28.0. The van der Waals surface area contributed by atoms with E-state index in [0.29, 0.717) is 0 Å². The number of hydrogen-bond donors (Lipinski definition) is 0. The minimum Gasteiger partial charge on any atom is -0.309 e. The summed E-state index contributed by atoms with van der Waals surface area (Å²) in [4.78, 5) is 10.6. The van der Waals surface area contributed by atoms with Crippen LogP contribution in [0.1, 0.15) is 0 Å². The second kappa shape index (κ2) is 10.3. The second-order valence-corrected chi connectivity index (χ2v) is 13.8. The van der Waals surface area contributed by atoms with Crippen molar-refractivity contribution in [2.75, 3.05) is 0 Å². The van der Waals surface area contributed by atoms with E-state index in [9.17, 15) is 0 Å². The Morgan fingerprint density at radius 2 is 1.02 bits per heavy atom. The topological polar surface area (TPSA) is 35.6 Å². The molecule has 0 unspecified atom stereocenters. The molecule has 12 rings (SSSR count). The van der Waals surface area contributed by atoms with E-state index >= 15 is 0 Å². The Labute approximate surface area is 298 Å². The molecular weight excluding hydrogens is 633 g/mol. The third-order valence-corrected chi connectivity index (χ3v) is 11.0. The first kappa shape index (κ1) is 27.7. The van der Waals surface area contributed by atoms with E-state index in [1.165, 1.54) is 60.0 Å². The molecule has 0 spiro atoms. The van der Waals surface area contributed by atoms with Gasteiger partial charge in [-0.05, 0) is 82.1 Å². The summed E-state index contributed by atoms with van der Waals surface area (Å²) in [6.07, 6.45) is 0. The summed E-state index contributed by atoms with van der Waals surface area (Å²) in [6, 6.07) is 61.4. The first-order chi connectivity index (χ1) is 25.8. The van der Waals surface area contributed by atoms with Crippen molar-refractivity contribution in [1.29, 1.82) is 0 Å². The van der Waals surface area contributed by atoms with Crippen LogP contribution in [0.5, 0.6) is 0 Å². The van der Waals surface area contributed by atoms with Crippen LogP contribution in [0.2, 0.25) is 0 Å². The van der Waals surface area contributed by atoms with Gasteiger partial charge in [-0.15, -0.1) is 0 Å². The number of benzene rings is 8. The number of nitrogens with zero attached hydrogens (tertiary/aromatic N) is 4. The fourth-order valence-electron chi connectivity index (χ4n) is 8.69. The summed E-state index contributed by atoms with van der Waals surface area (Å²) >= 11 is 0. The number of para-hydroxylation sites is 4. The molecule has 0 fully saturated rings. The molecule has 52 heavy (non-hydrogen) atoms. The first-order valence-electron chi connectivity index (χ1n) is 17.8. The number of rotatable bonds is 2. The van der Waals surface area contributed by atoms with Gasteiger partial charge in [-0.1, -0.05) is 115 Å². The van der Waals surface area contributed by atoms with Crippen LogP contribution < -0.4 is 0 Å². The molecule has 0 radical (unpaired) electrons. The quantitative estimate of drug-likeness (QED) is 0.185. The molecule has 8 aromatic carbocycles. The summed E-state index contributed by atoms with van der Waals surface area (Å²) in [5.74, 6) is 0.866. The van der Waals surface area contributed by atoms with E-state index in [1.54, 1.807) is 0 Å². The molecule has 1 aliphatic heterocycles.